The molecular formula is C27H31NO3. The molecule has 0 radical (unpaired) electrons. The van der Waals surface area contributed by atoms with Gasteiger partial charge in [-0.05, 0) is 60.9 Å². The molecule has 1 heterocycles. The van der Waals surface area contributed by atoms with Crippen LogP contribution in [0.1, 0.15) is 61.9 Å². The maximum Gasteiger partial charge on any atom is 0.343 e. The average Bonchev–Trinajstić information content (AvgIpc) is 2.82. The van der Waals surface area contributed by atoms with Crippen molar-refractivity contribution in [2.24, 2.45) is 0 Å². The lowest BCUT2D eigenvalue weighted by atomic mass is 10.1. The molecule has 3 rings (SSSR count). The first-order valence-corrected chi connectivity index (χ1v) is 11.2. The van der Waals surface area contributed by atoms with Crippen molar-refractivity contribution in [3.8, 4) is 22.8 Å². The Kier molecular flexibility index (Phi) is 8.65. The van der Waals surface area contributed by atoms with Gasteiger partial charge in [0.05, 0.1) is 17.9 Å². The van der Waals surface area contributed by atoms with E-state index in [-0.39, 0.29) is 5.97 Å². The standard InChI is InChI=1S/C27H31NO3/c1-3-5-6-7-8-19-30-24-14-16-25(17-15-24)31-27(29)23-12-10-22(11-13-23)26-18-9-21(4-2)20-28-26/h9-18,20H,3-8,19H2,1-2H3. The molecular weight excluding hydrogens is 386 g/mol. The Labute approximate surface area is 185 Å². The third kappa shape index (κ3) is 6.95. The number of benzene rings is 2. The highest BCUT2D eigenvalue weighted by Gasteiger charge is 2.10. The van der Waals surface area contributed by atoms with Crippen molar-refractivity contribution in [2.45, 2.75) is 52.4 Å². The molecule has 162 valence electrons. The predicted molar refractivity (Wildman–Crippen MR) is 125 cm³/mol. The molecule has 0 saturated heterocycles. The fraction of sp³-hybridized carbons (Fsp3) is 0.333. The Morgan fingerprint density at radius 3 is 2.16 bits per heavy atom. The van der Waals surface area contributed by atoms with Crippen molar-refractivity contribution in [1.82, 2.24) is 4.98 Å². The quantitative estimate of drug-likeness (QED) is 0.194. The number of pyridine rings is 1. The minimum atomic E-state index is -0.384. The smallest absolute Gasteiger partial charge is 0.343 e. The van der Waals surface area contributed by atoms with E-state index in [1.54, 1.807) is 24.3 Å². The van der Waals surface area contributed by atoms with Gasteiger partial charge in [0.2, 0.25) is 0 Å². The summed E-state index contributed by atoms with van der Waals surface area (Å²) >= 11 is 0. The van der Waals surface area contributed by atoms with Crippen molar-refractivity contribution >= 4 is 5.97 Å². The van der Waals surface area contributed by atoms with E-state index in [2.05, 4.69) is 24.9 Å². The highest BCUT2D eigenvalue weighted by molar-refractivity contribution is 5.91. The number of rotatable bonds is 11. The summed E-state index contributed by atoms with van der Waals surface area (Å²) in [6.07, 6.45) is 8.90. The van der Waals surface area contributed by atoms with Gasteiger partial charge in [-0.15, -0.1) is 0 Å². The molecule has 0 saturated carbocycles. The number of hydrogen-bond acceptors (Lipinski definition) is 4. The highest BCUT2D eigenvalue weighted by Crippen LogP contribution is 2.21. The van der Waals surface area contributed by atoms with Gasteiger partial charge in [0.25, 0.3) is 0 Å². The van der Waals surface area contributed by atoms with Crippen LogP contribution in [0.2, 0.25) is 0 Å². The number of carbonyl (C=O) groups excluding carboxylic acids is 1. The number of nitrogens with zero attached hydrogens (tertiary/aromatic N) is 1. The third-order valence-corrected chi connectivity index (χ3v) is 5.20. The molecule has 3 aromatic rings. The summed E-state index contributed by atoms with van der Waals surface area (Å²) in [5.74, 6) is 0.910. The molecule has 0 aliphatic carbocycles. The zero-order valence-electron chi connectivity index (χ0n) is 18.5. The van der Waals surface area contributed by atoms with Crippen molar-refractivity contribution in [1.29, 1.82) is 0 Å². The lowest BCUT2D eigenvalue weighted by molar-refractivity contribution is 0.0734. The number of ether oxygens (including phenoxy) is 2. The highest BCUT2D eigenvalue weighted by atomic mass is 16.5. The van der Waals surface area contributed by atoms with Gasteiger partial charge in [-0.3, -0.25) is 4.98 Å². The fourth-order valence-electron chi connectivity index (χ4n) is 3.25. The summed E-state index contributed by atoms with van der Waals surface area (Å²) in [4.78, 5) is 16.9. The third-order valence-electron chi connectivity index (χ3n) is 5.20. The van der Waals surface area contributed by atoms with Crippen LogP contribution in [0, 0.1) is 0 Å². The first-order valence-electron chi connectivity index (χ1n) is 11.2. The normalized spacial score (nSPS) is 10.6. The van der Waals surface area contributed by atoms with Crippen LogP contribution in [0.3, 0.4) is 0 Å². The first kappa shape index (κ1) is 22.5. The molecule has 0 fully saturated rings. The van der Waals surface area contributed by atoms with Crippen LogP contribution in [0.15, 0.2) is 66.9 Å². The Balaban J connectivity index is 1.50. The molecule has 31 heavy (non-hydrogen) atoms. The number of unbranched alkanes of at least 4 members (excludes halogenated alkanes) is 4. The van der Waals surface area contributed by atoms with E-state index in [1.807, 2.05) is 36.5 Å². The second-order valence-corrected chi connectivity index (χ2v) is 7.61. The monoisotopic (exact) mass is 417 g/mol. The number of hydrogen-bond donors (Lipinski definition) is 0. The molecule has 0 aliphatic rings. The largest absolute Gasteiger partial charge is 0.494 e. The van der Waals surface area contributed by atoms with Gasteiger partial charge < -0.3 is 9.47 Å². The van der Waals surface area contributed by atoms with Crippen LogP contribution in [0.5, 0.6) is 11.5 Å². The lowest BCUT2D eigenvalue weighted by Gasteiger charge is -2.08. The molecule has 0 bridgehead atoms. The van der Waals surface area contributed by atoms with E-state index in [9.17, 15) is 4.79 Å². The van der Waals surface area contributed by atoms with Crippen LogP contribution in [0.25, 0.3) is 11.3 Å². The second kappa shape index (κ2) is 11.9. The Morgan fingerprint density at radius 2 is 1.52 bits per heavy atom. The summed E-state index contributed by atoms with van der Waals surface area (Å²) in [5.41, 5.74) is 3.56. The van der Waals surface area contributed by atoms with Crippen molar-refractivity contribution < 1.29 is 14.3 Å². The Hall–Kier alpha value is -3.14. The Bertz CT molecular complexity index is 932. The second-order valence-electron chi connectivity index (χ2n) is 7.61. The number of esters is 1. The van der Waals surface area contributed by atoms with Gasteiger partial charge in [-0.1, -0.05) is 57.7 Å². The van der Waals surface area contributed by atoms with Crippen molar-refractivity contribution in [3.63, 3.8) is 0 Å². The summed E-state index contributed by atoms with van der Waals surface area (Å²) in [5, 5.41) is 0. The molecule has 0 amide bonds. The Morgan fingerprint density at radius 1 is 0.806 bits per heavy atom. The molecule has 1 aromatic heterocycles. The topological polar surface area (TPSA) is 48.4 Å². The van der Waals surface area contributed by atoms with E-state index in [0.29, 0.717) is 17.9 Å². The van der Waals surface area contributed by atoms with Gasteiger partial charge in [0.15, 0.2) is 0 Å². The van der Waals surface area contributed by atoms with Crippen LogP contribution >= 0.6 is 0 Å². The summed E-state index contributed by atoms with van der Waals surface area (Å²) in [7, 11) is 0. The molecule has 2 aromatic carbocycles. The zero-order chi connectivity index (χ0) is 21.9. The molecule has 4 heteroatoms. The molecule has 0 spiro atoms. The fourth-order valence-corrected chi connectivity index (χ4v) is 3.25. The maximum atomic E-state index is 12.5. The summed E-state index contributed by atoms with van der Waals surface area (Å²) in [6.45, 7) is 5.03. The van der Waals surface area contributed by atoms with Crippen molar-refractivity contribution in [2.75, 3.05) is 6.61 Å². The lowest BCUT2D eigenvalue weighted by Crippen LogP contribution is -2.08. The molecule has 4 nitrogen and oxygen atoms in total. The molecule has 0 atom stereocenters. The SMILES string of the molecule is CCCCCCCOc1ccc(OC(=O)c2ccc(-c3ccc(CC)cn3)cc2)cc1. The van der Waals surface area contributed by atoms with Gasteiger partial charge in [0.1, 0.15) is 11.5 Å². The average molecular weight is 418 g/mol. The molecule has 0 N–H and O–H groups in total. The number of carbonyl (C=O) groups is 1. The summed E-state index contributed by atoms with van der Waals surface area (Å²) in [6, 6.07) is 18.6. The van der Waals surface area contributed by atoms with Gasteiger partial charge in [0, 0.05) is 11.8 Å². The van der Waals surface area contributed by atoms with E-state index >= 15 is 0 Å². The van der Waals surface area contributed by atoms with Crippen molar-refractivity contribution in [3.05, 3.63) is 78.0 Å². The van der Waals surface area contributed by atoms with Crippen LogP contribution < -0.4 is 9.47 Å². The zero-order valence-corrected chi connectivity index (χ0v) is 18.5. The molecule has 0 aliphatic heterocycles. The maximum absolute atomic E-state index is 12.5. The van der Waals surface area contributed by atoms with Crippen LogP contribution in [-0.4, -0.2) is 17.6 Å². The van der Waals surface area contributed by atoms with E-state index in [4.69, 9.17) is 9.47 Å². The first-order chi connectivity index (χ1) is 15.2. The van der Waals surface area contributed by atoms with E-state index in [0.717, 1.165) is 29.8 Å². The minimum Gasteiger partial charge on any atom is -0.494 e. The molecule has 0 unspecified atom stereocenters. The van der Waals surface area contributed by atoms with E-state index < -0.39 is 0 Å². The predicted octanol–water partition coefficient (Wildman–Crippen LogP) is 6.88. The van der Waals surface area contributed by atoms with Crippen LogP contribution in [0.4, 0.5) is 0 Å². The summed E-state index contributed by atoms with van der Waals surface area (Å²) < 4.78 is 11.2. The van der Waals surface area contributed by atoms with Gasteiger partial charge in [-0.2, -0.15) is 0 Å². The van der Waals surface area contributed by atoms with E-state index in [1.165, 1.54) is 31.2 Å². The number of aromatic nitrogens is 1. The number of aryl methyl sites for hydroxylation is 1. The minimum absolute atomic E-state index is 0.384. The van der Waals surface area contributed by atoms with Gasteiger partial charge in [-0.25, -0.2) is 4.79 Å². The van der Waals surface area contributed by atoms with Gasteiger partial charge >= 0.3 is 5.97 Å². The van der Waals surface area contributed by atoms with Crippen LogP contribution in [-0.2, 0) is 6.42 Å².